The first-order valence-electron chi connectivity index (χ1n) is 2.94. The number of hydrogen-bond acceptors (Lipinski definition) is 1. The summed E-state index contributed by atoms with van der Waals surface area (Å²) in [5.41, 5.74) is 0. The molecule has 0 aromatic carbocycles. The van der Waals surface area contributed by atoms with Gasteiger partial charge in [0.25, 0.3) is 0 Å². The Morgan fingerprint density at radius 2 is 1.67 bits per heavy atom. The zero-order chi connectivity index (χ0) is 7.65. The van der Waals surface area contributed by atoms with E-state index in [1.807, 2.05) is 13.8 Å². The molecule has 0 bridgehead atoms. The molecule has 0 aromatic rings. The van der Waals surface area contributed by atoms with E-state index in [-0.39, 0.29) is 5.92 Å². The Kier molecular flexibility index (Phi) is 3.27. The molecule has 0 saturated carbocycles. The average molecular weight is 171 g/mol. The lowest BCUT2D eigenvalue weighted by Crippen LogP contribution is -2.36. The molecule has 0 saturated heterocycles. The summed E-state index contributed by atoms with van der Waals surface area (Å²) in [6.45, 7) is 5.33. The van der Waals surface area contributed by atoms with Gasteiger partial charge in [-0.05, 0) is 12.8 Å². The lowest BCUT2D eigenvalue weighted by Gasteiger charge is -2.27. The second-order valence-electron chi connectivity index (χ2n) is 2.50. The fraction of sp³-hybridized carbons (Fsp3) is 1.00. The van der Waals surface area contributed by atoms with Gasteiger partial charge in [0.2, 0.25) is 0 Å². The van der Waals surface area contributed by atoms with E-state index >= 15 is 0 Å². The van der Waals surface area contributed by atoms with E-state index in [1.165, 1.54) is 0 Å². The largest absolute Gasteiger partial charge is 0.373 e. The van der Waals surface area contributed by atoms with Crippen molar-refractivity contribution in [1.29, 1.82) is 0 Å². The molecule has 9 heavy (non-hydrogen) atoms. The zero-order valence-corrected chi connectivity index (χ0v) is 7.37. The van der Waals surface area contributed by atoms with E-state index in [0.717, 1.165) is 0 Å². The van der Waals surface area contributed by atoms with Crippen LogP contribution in [0.1, 0.15) is 20.8 Å². The van der Waals surface area contributed by atoms with Crippen LogP contribution < -0.4 is 0 Å². The van der Waals surface area contributed by atoms with Crippen molar-refractivity contribution in [2.45, 2.75) is 31.2 Å². The highest BCUT2D eigenvalue weighted by Crippen LogP contribution is 2.28. The van der Waals surface area contributed by atoms with Gasteiger partial charge in [0.1, 0.15) is 0 Å². The molecule has 0 aliphatic carbocycles. The third kappa shape index (κ3) is 2.32. The minimum atomic E-state index is -1.26. The average Bonchev–Trinajstić information content (AvgIpc) is 1.65. The van der Waals surface area contributed by atoms with Crippen LogP contribution in [0.25, 0.3) is 0 Å². The van der Waals surface area contributed by atoms with Crippen molar-refractivity contribution in [3.63, 3.8) is 0 Å². The van der Waals surface area contributed by atoms with E-state index in [1.54, 1.807) is 6.92 Å². The SMILES string of the molecule is CC(C)C(O)(Cl)C(C)Cl. The minimum Gasteiger partial charge on any atom is -0.373 e. The summed E-state index contributed by atoms with van der Waals surface area (Å²) >= 11 is 11.2. The first-order chi connectivity index (χ1) is 3.89. The predicted octanol–water partition coefficient (Wildman–Crippen LogP) is 2.20. The fourth-order valence-corrected chi connectivity index (χ4v) is 0.711. The van der Waals surface area contributed by atoms with Crippen LogP contribution in [0.15, 0.2) is 0 Å². The summed E-state index contributed by atoms with van der Waals surface area (Å²) < 4.78 is 0. The van der Waals surface area contributed by atoms with E-state index in [0.29, 0.717) is 0 Å². The monoisotopic (exact) mass is 170 g/mol. The first-order valence-corrected chi connectivity index (χ1v) is 3.75. The quantitative estimate of drug-likeness (QED) is 0.631. The molecule has 0 heterocycles. The third-order valence-electron chi connectivity index (χ3n) is 1.37. The smallest absolute Gasteiger partial charge is 0.156 e. The molecule has 2 unspecified atom stereocenters. The molecular weight excluding hydrogens is 159 g/mol. The minimum absolute atomic E-state index is 0.0216. The van der Waals surface area contributed by atoms with Crippen LogP contribution in [0.2, 0.25) is 0 Å². The zero-order valence-electron chi connectivity index (χ0n) is 5.86. The highest BCUT2D eigenvalue weighted by molar-refractivity contribution is 6.31. The molecular formula is C6H12Cl2O. The van der Waals surface area contributed by atoms with Gasteiger partial charge in [-0.1, -0.05) is 25.4 Å². The van der Waals surface area contributed by atoms with Crippen LogP contribution in [-0.2, 0) is 0 Å². The van der Waals surface area contributed by atoms with Crippen LogP contribution in [-0.4, -0.2) is 15.5 Å². The van der Waals surface area contributed by atoms with Crippen LogP contribution in [0.3, 0.4) is 0 Å². The molecule has 0 aliphatic heterocycles. The number of rotatable bonds is 2. The Morgan fingerprint density at radius 3 is 1.67 bits per heavy atom. The van der Waals surface area contributed by atoms with Crippen molar-refractivity contribution >= 4 is 23.2 Å². The summed E-state index contributed by atoms with van der Waals surface area (Å²) in [5, 5.41) is 7.62. The van der Waals surface area contributed by atoms with Crippen molar-refractivity contribution in [3.05, 3.63) is 0 Å². The van der Waals surface area contributed by atoms with Gasteiger partial charge < -0.3 is 5.11 Å². The third-order valence-corrected chi connectivity index (χ3v) is 2.58. The molecule has 1 nitrogen and oxygen atoms in total. The summed E-state index contributed by atoms with van der Waals surface area (Å²) in [4.78, 5) is 0. The van der Waals surface area contributed by atoms with E-state index in [9.17, 15) is 5.11 Å². The molecule has 0 rings (SSSR count). The van der Waals surface area contributed by atoms with Crippen LogP contribution in [0, 0.1) is 5.92 Å². The van der Waals surface area contributed by atoms with E-state index < -0.39 is 10.4 Å². The molecule has 0 amide bonds. The number of alkyl halides is 2. The van der Waals surface area contributed by atoms with Crippen LogP contribution in [0.5, 0.6) is 0 Å². The maximum absolute atomic E-state index is 9.30. The summed E-state index contributed by atoms with van der Waals surface area (Å²) in [6, 6.07) is 0. The van der Waals surface area contributed by atoms with E-state index in [4.69, 9.17) is 23.2 Å². The summed E-state index contributed by atoms with van der Waals surface area (Å²) in [5.74, 6) is -0.0216. The molecule has 0 fully saturated rings. The first kappa shape index (κ1) is 9.54. The molecule has 0 aliphatic rings. The van der Waals surface area contributed by atoms with Crippen molar-refractivity contribution in [2.75, 3.05) is 0 Å². The van der Waals surface area contributed by atoms with Gasteiger partial charge in [-0.3, -0.25) is 0 Å². The molecule has 0 aromatic heterocycles. The lowest BCUT2D eigenvalue weighted by atomic mass is 10.0. The summed E-state index contributed by atoms with van der Waals surface area (Å²) in [7, 11) is 0. The van der Waals surface area contributed by atoms with Gasteiger partial charge >= 0.3 is 0 Å². The molecule has 0 spiro atoms. The van der Waals surface area contributed by atoms with Gasteiger partial charge in [0.15, 0.2) is 5.06 Å². The Balaban J connectivity index is 4.01. The molecule has 3 heteroatoms. The predicted molar refractivity (Wildman–Crippen MR) is 41.0 cm³/mol. The van der Waals surface area contributed by atoms with Crippen LogP contribution >= 0.6 is 23.2 Å². The van der Waals surface area contributed by atoms with Gasteiger partial charge in [0.05, 0.1) is 5.38 Å². The number of halogens is 2. The van der Waals surface area contributed by atoms with Crippen molar-refractivity contribution in [2.24, 2.45) is 5.92 Å². The van der Waals surface area contributed by atoms with Gasteiger partial charge in [-0.2, -0.15) is 0 Å². The Hall–Kier alpha value is 0.540. The highest BCUT2D eigenvalue weighted by atomic mass is 35.5. The highest BCUT2D eigenvalue weighted by Gasteiger charge is 2.33. The van der Waals surface area contributed by atoms with Gasteiger partial charge in [-0.25, -0.2) is 0 Å². The second kappa shape index (κ2) is 3.09. The van der Waals surface area contributed by atoms with Crippen LogP contribution in [0.4, 0.5) is 0 Å². The maximum atomic E-state index is 9.30. The van der Waals surface area contributed by atoms with Gasteiger partial charge in [-0.15, -0.1) is 11.6 Å². The molecule has 56 valence electrons. The molecule has 1 N–H and O–H groups in total. The second-order valence-corrected chi connectivity index (χ2v) is 3.76. The standard InChI is InChI=1S/C6H12Cl2O/c1-4(2)6(8,9)5(3)7/h4-5,9H,1-3H3. The van der Waals surface area contributed by atoms with Gasteiger partial charge in [0, 0.05) is 0 Å². The van der Waals surface area contributed by atoms with Crippen molar-refractivity contribution < 1.29 is 5.11 Å². The van der Waals surface area contributed by atoms with Crippen molar-refractivity contribution in [1.82, 2.24) is 0 Å². The normalized spacial score (nSPS) is 21.7. The molecule has 2 atom stereocenters. The van der Waals surface area contributed by atoms with Crippen molar-refractivity contribution in [3.8, 4) is 0 Å². The number of hydrogen-bond donors (Lipinski definition) is 1. The van der Waals surface area contributed by atoms with E-state index in [2.05, 4.69) is 0 Å². The Bertz CT molecular complexity index is 79.1. The lowest BCUT2D eigenvalue weighted by molar-refractivity contribution is 0.0794. The summed E-state index contributed by atoms with van der Waals surface area (Å²) in [6.07, 6.45) is 0. The Morgan fingerprint density at radius 1 is 1.33 bits per heavy atom. The fourth-order valence-electron chi connectivity index (χ4n) is 0.459. The topological polar surface area (TPSA) is 20.2 Å². The maximum Gasteiger partial charge on any atom is 0.156 e. The Labute approximate surface area is 66.0 Å². The number of aliphatic hydroxyl groups is 1. The molecule has 0 radical (unpaired) electrons.